The molecule has 1 heteroatoms. The van der Waals surface area contributed by atoms with Crippen LogP contribution >= 0.6 is 0 Å². The third-order valence-corrected chi connectivity index (χ3v) is 3.00. The minimum absolute atomic E-state index is 1.25. The molecule has 0 saturated heterocycles. The Bertz CT molecular complexity index is 657. The zero-order valence-electron chi connectivity index (χ0n) is 10.1. The molecule has 0 N–H and O–H groups in total. The zero-order valence-corrected chi connectivity index (χ0v) is 10.1. The maximum atomic E-state index is 3.79. The minimum Gasteiger partial charge on any atom is -0.344 e. The zero-order chi connectivity index (χ0) is 11.7. The van der Waals surface area contributed by atoms with Crippen LogP contribution in [0, 0.1) is 6.92 Å². The average molecular weight is 211 g/mol. The summed E-state index contributed by atoms with van der Waals surface area (Å²) in [6.45, 7) is 7.99. The summed E-state index contributed by atoms with van der Waals surface area (Å²) in [5, 5.41) is 3.81. The van der Waals surface area contributed by atoms with E-state index in [-0.39, 0.29) is 0 Å². The number of benzene rings is 1. The van der Waals surface area contributed by atoms with Gasteiger partial charge in [0.1, 0.15) is 0 Å². The van der Waals surface area contributed by atoms with E-state index in [1.807, 2.05) is 6.08 Å². The second-order valence-corrected chi connectivity index (χ2v) is 4.07. The predicted octanol–water partition coefficient (Wildman–Crippen LogP) is 2.25. The molecule has 0 amide bonds. The van der Waals surface area contributed by atoms with Crippen LogP contribution in [-0.2, 0) is 7.05 Å². The molecule has 0 spiro atoms. The number of hydrogen-bond acceptors (Lipinski definition) is 0. The summed E-state index contributed by atoms with van der Waals surface area (Å²) >= 11 is 0. The fraction of sp³-hybridized carbons (Fsp3) is 0.200. The van der Waals surface area contributed by atoms with E-state index < -0.39 is 0 Å². The molecule has 0 aliphatic carbocycles. The number of aryl methyl sites for hydroxylation is 2. The van der Waals surface area contributed by atoms with Crippen molar-refractivity contribution in [1.82, 2.24) is 4.57 Å². The summed E-state index contributed by atoms with van der Waals surface area (Å²) in [5.41, 5.74) is 2.56. The first-order valence-electron chi connectivity index (χ1n) is 5.53. The molecule has 0 atom stereocenters. The Balaban J connectivity index is 3.12. The second kappa shape index (κ2) is 4.01. The molecule has 2 rings (SSSR count). The Kier molecular flexibility index (Phi) is 2.69. The average Bonchev–Trinajstić information content (AvgIpc) is 2.52. The third kappa shape index (κ3) is 1.49. The lowest BCUT2D eigenvalue weighted by atomic mass is 10.1. The molecule has 1 heterocycles. The molecule has 16 heavy (non-hydrogen) atoms. The van der Waals surface area contributed by atoms with Crippen molar-refractivity contribution in [3.8, 4) is 0 Å². The quantitative estimate of drug-likeness (QED) is 0.682. The van der Waals surface area contributed by atoms with Crippen molar-refractivity contribution in [3.05, 3.63) is 47.0 Å². The molecule has 0 aliphatic rings. The van der Waals surface area contributed by atoms with Gasteiger partial charge in [-0.15, -0.1) is 0 Å². The smallest absolute Gasteiger partial charge is 0.0488 e. The van der Waals surface area contributed by atoms with Crippen LogP contribution in [0.1, 0.15) is 12.5 Å². The molecule has 2 aromatic rings. The van der Waals surface area contributed by atoms with Gasteiger partial charge in [0.15, 0.2) is 0 Å². The Morgan fingerprint density at radius 2 is 2.06 bits per heavy atom. The first-order valence-corrected chi connectivity index (χ1v) is 5.53. The van der Waals surface area contributed by atoms with Gasteiger partial charge < -0.3 is 4.57 Å². The Labute approximate surface area is 96.0 Å². The lowest BCUT2D eigenvalue weighted by Crippen LogP contribution is -2.26. The minimum atomic E-state index is 1.25. The fourth-order valence-corrected chi connectivity index (χ4v) is 2.25. The Morgan fingerprint density at radius 1 is 1.31 bits per heavy atom. The monoisotopic (exact) mass is 211 g/mol. The first kappa shape index (κ1) is 10.7. The molecule has 0 bridgehead atoms. The summed E-state index contributed by atoms with van der Waals surface area (Å²) in [6.07, 6.45) is 6.08. The van der Waals surface area contributed by atoms with E-state index in [9.17, 15) is 0 Å². The van der Waals surface area contributed by atoms with Crippen molar-refractivity contribution < 1.29 is 0 Å². The van der Waals surface area contributed by atoms with Gasteiger partial charge >= 0.3 is 0 Å². The van der Waals surface area contributed by atoms with Gasteiger partial charge in [-0.1, -0.05) is 36.4 Å². The first-order chi connectivity index (χ1) is 7.69. The van der Waals surface area contributed by atoms with E-state index in [4.69, 9.17) is 0 Å². The molecular weight excluding hydrogens is 194 g/mol. The van der Waals surface area contributed by atoms with Crippen LogP contribution in [0.3, 0.4) is 0 Å². The standard InChI is InChI=1S/C15H17N/c1-5-7-12-13-10-11(3)8-9-15(13)16(4)14(12)6-2/h5-10H,1H2,2-4H3/b12-7-,14-6+. The molecule has 1 aromatic heterocycles. The summed E-state index contributed by atoms with van der Waals surface area (Å²) in [7, 11) is 2.10. The van der Waals surface area contributed by atoms with Crippen molar-refractivity contribution in [2.75, 3.05) is 0 Å². The number of fused-ring (bicyclic) bond motifs is 1. The summed E-state index contributed by atoms with van der Waals surface area (Å²) in [5.74, 6) is 0. The van der Waals surface area contributed by atoms with Crippen LogP contribution in [0.15, 0.2) is 30.9 Å². The number of hydrogen-bond donors (Lipinski definition) is 0. The lowest BCUT2D eigenvalue weighted by Gasteiger charge is -1.96. The molecule has 0 radical (unpaired) electrons. The van der Waals surface area contributed by atoms with Crippen LogP contribution in [0.25, 0.3) is 23.1 Å². The maximum absolute atomic E-state index is 3.79. The molecule has 1 aromatic carbocycles. The van der Waals surface area contributed by atoms with Crippen molar-refractivity contribution in [2.45, 2.75) is 13.8 Å². The molecule has 0 aliphatic heterocycles. The number of nitrogens with zero attached hydrogens (tertiary/aromatic N) is 1. The van der Waals surface area contributed by atoms with Gasteiger partial charge in [0.2, 0.25) is 0 Å². The van der Waals surface area contributed by atoms with E-state index in [1.54, 1.807) is 0 Å². The Hall–Kier alpha value is -1.76. The van der Waals surface area contributed by atoms with E-state index >= 15 is 0 Å². The molecule has 0 saturated carbocycles. The number of rotatable bonds is 1. The third-order valence-electron chi connectivity index (χ3n) is 3.00. The lowest BCUT2D eigenvalue weighted by molar-refractivity contribution is 0.924. The van der Waals surface area contributed by atoms with Gasteiger partial charge in [-0.3, -0.25) is 0 Å². The molecule has 0 fully saturated rings. The predicted molar refractivity (Wildman–Crippen MR) is 71.7 cm³/mol. The summed E-state index contributed by atoms with van der Waals surface area (Å²) in [4.78, 5) is 0. The SMILES string of the molecule is C=C/C=c1\c(=C/C)n(C)c2ccc(C)cc12. The summed E-state index contributed by atoms with van der Waals surface area (Å²) < 4.78 is 2.23. The van der Waals surface area contributed by atoms with Gasteiger partial charge in [0.05, 0.1) is 0 Å². The van der Waals surface area contributed by atoms with Crippen molar-refractivity contribution in [3.63, 3.8) is 0 Å². The molecule has 82 valence electrons. The van der Waals surface area contributed by atoms with Crippen molar-refractivity contribution >= 4 is 23.1 Å². The second-order valence-electron chi connectivity index (χ2n) is 4.07. The van der Waals surface area contributed by atoms with Crippen LogP contribution in [0.5, 0.6) is 0 Å². The van der Waals surface area contributed by atoms with E-state index in [0.717, 1.165) is 0 Å². The van der Waals surface area contributed by atoms with Gasteiger partial charge in [-0.2, -0.15) is 0 Å². The highest BCUT2D eigenvalue weighted by molar-refractivity contribution is 5.83. The highest BCUT2D eigenvalue weighted by Crippen LogP contribution is 2.10. The van der Waals surface area contributed by atoms with Crippen LogP contribution in [0.4, 0.5) is 0 Å². The highest BCUT2D eigenvalue weighted by Gasteiger charge is 2.03. The fourth-order valence-electron chi connectivity index (χ4n) is 2.25. The van der Waals surface area contributed by atoms with Crippen LogP contribution in [-0.4, -0.2) is 4.57 Å². The normalized spacial score (nSPS) is 13.7. The van der Waals surface area contributed by atoms with Crippen LogP contribution < -0.4 is 10.6 Å². The molecule has 0 unspecified atom stereocenters. The van der Waals surface area contributed by atoms with E-state index in [1.165, 1.54) is 27.0 Å². The molecular formula is C15H17N. The van der Waals surface area contributed by atoms with Crippen LogP contribution in [0.2, 0.25) is 0 Å². The van der Waals surface area contributed by atoms with Gasteiger partial charge in [-0.05, 0) is 26.0 Å². The maximum Gasteiger partial charge on any atom is 0.0488 e. The number of allylic oxidation sites excluding steroid dienone is 1. The largest absolute Gasteiger partial charge is 0.344 e. The van der Waals surface area contributed by atoms with Gasteiger partial charge in [0, 0.05) is 28.5 Å². The van der Waals surface area contributed by atoms with Crippen molar-refractivity contribution in [1.29, 1.82) is 0 Å². The Morgan fingerprint density at radius 3 is 2.69 bits per heavy atom. The van der Waals surface area contributed by atoms with E-state index in [0.29, 0.717) is 0 Å². The molecule has 1 nitrogen and oxygen atoms in total. The number of aromatic nitrogens is 1. The topological polar surface area (TPSA) is 4.93 Å². The van der Waals surface area contributed by atoms with Crippen molar-refractivity contribution in [2.24, 2.45) is 7.05 Å². The van der Waals surface area contributed by atoms with E-state index in [2.05, 4.69) is 62.4 Å². The summed E-state index contributed by atoms with van der Waals surface area (Å²) in [6, 6.07) is 6.56. The van der Waals surface area contributed by atoms with Gasteiger partial charge in [0.25, 0.3) is 0 Å². The van der Waals surface area contributed by atoms with Gasteiger partial charge in [-0.25, -0.2) is 0 Å². The highest BCUT2D eigenvalue weighted by atomic mass is 14.9.